The third-order valence-electron chi connectivity index (χ3n) is 4.81. The number of nitrogens with one attached hydrogen (secondary N) is 1. The highest BCUT2D eigenvalue weighted by molar-refractivity contribution is 5.88. The lowest BCUT2D eigenvalue weighted by molar-refractivity contribution is -0.122. The molecular formula is C20H24N4O3. The van der Waals surface area contributed by atoms with E-state index in [9.17, 15) is 4.79 Å². The molecule has 0 unspecified atom stereocenters. The monoisotopic (exact) mass is 368 g/mol. The third kappa shape index (κ3) is 3.88. The van der Waals surface area contributed by atoms with E-state index in [0.717, 1.165) is 48.9 Å². The zero-order chi connectivity index (χ0) is 18.6. The van der Waals surface area contributed by atoms with Crippen LogP contribution < -0.4 is 5.32 Å². The van der Waals surface area contributed by atoms with Crippen LogP contribution in [0, 0.1) is 0 Å². The van der Waals surface area contributed by atoms with Crippen molar-refractivity contribution in [2.75, 3.05) is 13.2 Å². The van der Waals surface area contributed by atoms with Gasteiger partial charge in [0, 0.05) is 30.5 Å². The molecule has 0 bridgehead atoms. The topological polar surface area (TPSA) is 82.2 Å². The molecule has 7 nitrogen and oxygen atoms in total. The van der Waals surface area contributed by atoms with Gasteiger partial charge in [-0.1, -0.05) is 25.1 Å². The van der Waals surface area contributed by atoms with E-state index in [1.807, 2.05) is 34.9 Å². The van der Waals surface area contributed by atoms with Crippen LogP contribution in [-0.2, 0) is 22.5 Å². The molecule has 4 rings (SSSR count). The maximum absolute atomic E-state index is 12.5. The number of amides is 1. The molecule has 1 fully saturated rings. The van der Waals surface area contributed by atoms with Crippen molar-refractivity contribution in [2.24, 2.45) is 0 Å². The van der Waals surface area contributed by atoms with E-state index in [4.69, 9.17) is 9.15 Å². The number of aromatic nitrogens is 3. The molecule has 3 heterocycles. The van der Waals surface area contributed by atoms with Crippen LogP contribution in [-0.4, -0.2) is 39.9 Å². The van der Waals surface area contributed by atoms with Gasteiger partial charge in [0.25, 0.3) is 5.89 Å². The Morgan fingerprint density at radius 3 is 3.04 bits per heavy atom. The molecule has 1 atom stereocenters. The summed E-state index contributed by atoms with van der Waals surface area (Å²) in [5.41, 5.74) is 1.73. The fourth-order valence-corrected chi connectivity index (χ4v) is 3.46. The van der Waals surface area contributed by atoms with E-state index in [1.165, 1.54) is 0 Å². The molecule has 142 valence electrons. The van der Waals surface area contributed by atoms with Crippen LogP contribution >= 0.6 is 0 Å². The summed E-state index contributed by atoms with van der Waals surface area (Å²) in [5.74, 6) is 1.01. The van der Waals surface area contributed by atoms with Crippen molar-refractivity contribution >= 4 is 16.8 Å². The number of fused-ring (bicyclic) bond motifs is 1. The number of carbonyl (C=O) groups excluding carboxylic acids is 1. The highest BCUT2D eigenvalue weighted by Gasteiger charge is 2.20. The Balaban J connectivity index is 1.58. The number of aryl methyl sites for hydroxylation is 1. The summed E-state index contributed by atoms with van der Waals surface area (Å²) in [6, 6.07) is 9.94. The first-order valence-electron chi connectivity index (χ1n) is 9.54. The average molecular weight is 368 g/mol. The van der Waals surface area contributed by atoms with Gasteiger partial charge in [0.05, 0.1) is 6.10 Å². The van der Waals surface area contributed by atoms with Crippen LogP contribution in [0.4, 0.5) is 0 Å². The summed E-state index contributed by atoms with van der Waals surface area (Å²) in [6.45, 7) is 3.60. The van der Waals surface area contributed by atoms with Crippen molar-refractivity contribution < 1.29 is 13.9 Å². The molecule has 0 saturated carbocycles. The summed E-state index contributed by atoms with van der Waals surface area (Å²) in [5, 5.41) is 12.3. The van der Waals surface area contributed by atoms with Gasteiger partial charge in [0.15, 0.2) is 0 Å². The van der Waals surface area contributed by atoms with Gasteiger partial charge in [-0.25, -0.2) is 0 Å². The van der Waals surface area contributed by atoms with Gasteiger partial charge in [-0.05, 0) is 31.4 Å². The maximum atomic E-state index is 12.5. The van der Waals surface area contributed by atoms with E-state index in [0.29, 0.717) is 18.3 Å². The number of ether oxygens (including phenoxy) is 1. The quantitative estimate of drug-likeness (QED) is 0.693. The predicted octanol–water partition coefficient (Wildman–Crippen LogP) is 2.94. The molecule has 0 aliphatic carbocycles. The van der Waals surface area contributed by atoms with E-state index in [2.05, 4.69) is 22.4 Å². The smallest absolute Gasteiger partial charge is 0.264 e. The van der Waals surface area contributed by atoms with Crippen LogP contribution in [0.2, 0.25) is 0 Å². The van der Waals surface area contributed by atoms with E-state index >= 15 is 0 Å². The fourth-order valence-electron chi connectivity index (χ4n) is 3.46. The summed E-state index contributed by atoms with van der Waals surface area (Å²) in [6.07, 6.45) is 3.87. The number of rotatable bonds is 7. The molecule has 1 aliphatic rings. The second kappa shape index (κ2) is 7.92. The van der Waals surface area contributed by atoms with Crippen LogP contribution in [0.5, 0.6) is 0 Å². The van der Waals surface area contributed by atoms with E-state index in [-0.39, 0.29) is 18.6 Å². The van der Waals surface area contributed by atoms with Crippen molar-refractivity contribution in [1.82, 2.24) is 20.1 Å². The lowest BCUT2D eigenvalue weighted by Crippen LogP contribution is -2.34. The van der Waals surface area contributed by atoms with E-state index < -0.39 is 0 Å². The number of benzene rings is 1. The van der Waals surface area contributed by atoms with Gasteiger partial charge in [-0.2, -0.15) is 0 Å². The molecule has 1 aromatic carbocycles. The fraction of sp³-hybridized carbons (Fsp3) is 0.450. The minimum absolute atomic E-state index is 0.0543. The number of nitrogens with zero attached hydrogens (tertiary/aromatic N) is 3. The second-order valence-corrected chi connectivity index (χ2v) is 6.86. The summed E-state index contributed by atoms with van der Waals surface area (Å²) >= 11 is 0. The summed E-state index contributed by atoms with van der Waals surface area (Å²) in [7, 11) is 0. The Labute approximate surface area is 157 Å². The number of hydrogen-bond donors (Lipinski definition) is 1. The normalized spacial score (nSPS) is 16.9. The molecule has 2 aromatic heterocycles. The molecule has 1 N–H and O–H groups in total. The predicted molar refractivity (Wildman–Crippen MR) is 101 cm³/mol. The Morgan fingerprint density at radius 1 is 1.33 bits per heavy atom. The first-order valence-corrected chi connectivity index (χ1v) is 9.54. The van der Waals surface area contributed by atoms with Crippen molar-refractivity contribution in [3.63, 3.8) is 0 Å². The zero-order valence-electron chi connectivity index (χ0n) is 15.5. The molecule has 7 heteroatoms. The molecule has 27 heavy (non-hydrogen) atoms. The zero-order valence-corrected chi connectivity index (χ0v) is 15.5. The van der Waals surface area contributed by atoms with Crippen LogP contribution in [0.15, 0.2) is 34.7 Å². The minimum Gasteiger partial charge on any atom is -0.419 e. The highest BCUT2D eigenvalue weighted by atomic mass is 16.5. The van der Waals surface area contributed by atoms with E-state index in [1.54, 1.807) is 0 Å². The van der Waals surface area contributed by atoms with Crippen LogP contribution in [0.3, 0.4) is 0 Å². The van der Waals surface area contributed by atoms with Crippen LogP contribution in [0.25, 0.3) is 22.5 Å². The standard InChI is InChI=1S/C20H24N4O3/c1-2-6-19-22-23-20(27-19)17-11-14-7-3-4-9-16(14)24(17)13-18(25)21-12-15-8-5-10-26-15/h3-4,7,9,11,15H,2,5-6,8,10,12-13H2,1H3,(H,21,25)/t15-/m0/s1. The summed E-state index contributed by atoms with van der Waals surface area (Å²) in [4.78, 5) is 12.5. The molecule has 1 aliphatic heterocycles. The minimum atomic E-state index is -0.0543. The van der Waals surface area contributed by atoms with Gasteiger partial charge < -0.3 is 19.0 Å². The molecule has 0 spiro atoms. The average Bonchev–Trinajstić information content (AvgIpc) is 3.41. The summed E-state index contributed by atoms with van der Waals surface area (Å²) < 4.78 is 13.3. The molecule has 3 aromatic rings. The number of carbonyl (C=O) groups is 1. The Hall–Kier alpha value is -2.67. The van der Waals surface area contributed by atoms with Gasteiger partial charge >= 0.3 is 0 Å². The highest BCUT2D eigenvalue weighted by Crippen LogP contribution is 2.27. The molecular weight excluding hydrogens is 344 g/mol. The first kappa shape index (κ1) is 17.7. The van der Waals surface area contributed by atoms with Crippen LogP contribution in [0.1, 0.15) is 32.1 Å². The lowest BCUT2D eigenvalue weighted by Gasteiger charge is -2.12. The van der Waals surface area contributed by atoms with Crippen molar-refractivity contribution in [3.8, 4) is 11.6 Å². The van der Waals surface area contributed by atoms with Crippen molar-refractivity contribution in [3.05, 3.63) is 36.2 Å². The second-order valence-electron chi connectivity index (χ2n) is 6.86. The SMILES string of the molecule is CCCc1nnc(-c2cc3ccccc3n2CC(=O)NC[C@@H]2CCCO2)o1. The van der Waals surface area contributed by atoms with Gasteiger partial charge in [-0.15, -0.1) is 10.2 Å². The molecule has 0 radical (unpaired) electrons. The Kier molecular flexibility index (Phi) is 5.20. The number of hydrogen-bond acceptors (Lipinski definition) is 5. The van der Waals surface area contributed by atoms with Gasteiger partial charge in [-0.3, -0.25) is 4.79 Å². The van der Waals surface area contributed by atoms with Crippen molar-refractivity contribution in [1.29, 1.82) is 0 Å². The van der Waals surface area contributed by atoms with Crippen molar-refractivity contribution in [2.45, 2.75) is 45.3 Å². The number of para-hydroxylation sites is 1. The molecule has 1 amide bonds. The Bertz CT molecular complexity index is 924. The first-order chi connectivity index (χ1) is 13.2. The largest absolute Gasteiger partial charge is 0.419 e. The van der Waals surface area contributed by atoms with Gasteiger partial charge in [0.2, 0.25) is 11.8 Å². The third-order valence-corrected chi connectivity index (χ3v) is 4.81. The Morgan fingerprint density at radius 2 is 2.22 bits per heavy atom. The van der Waals surface area contributed by atoms with Gasteiger partial charge in [0.1, 0.15) is 12.2 Å². The molecule has 1 saturated heterocycles. The maximum Gasteiger partial charge on any atom is 0.264 e. The lowest BCUT2D eigenvalue weighted by atomic mass is 10.2.